The predicted molar refractivity (Wildman–Crippen MR) is 106 cm³/mol. The zero-order chi connectivity index (χ0) is 17.6. The van der Waals surface area contributed by atoms with Crippen LogP contribution in [0.15, 0.2) is 40.8 Å². The summed E-state index contributed by atoms with van der Waals surface area (Å²) in [5.74, 6) is 2.42. The zero-order valence-corrected chi connectivity index (χ0v) is 16.4. The zero-order valence-electron chi connectivity index (χ0n) is 15.6. The van der Waals surface area contributed by atoms with Crippen molar-refractivity contribution < 1.29 is 9.21 Å². The smallest absolute Gasteiger partial charge is 0.289 e. The lowest BCUT2D eigenvalue weighted by molar-refractivity contribution is 0.0751. The molecule has 1 aromatic carbocycles. The Morgan fingerprint density at radius 3 is 2.23 bits per heavy atom. The number of carbonyl (C=O) groups is 1. The Hall–Kier alpha value is -1.78. The molecule has 2 saturated heterocycles. The Bertz CT molecular complexity index is 764. The summed E-state index contributed by atoms with van der Waals surface area (Å²) in [6.07, 6.45) is 0. The maximum atomic E-state index is 12.7. The highest BCUT2D eigenvalue weighted by Gasteiger charge is 2.38. The van der Waals surface area contributed by atoms with E-state index in [0.29, 0.717) is 17.6 Å². The average molecular weight is 375 g/mol. The lowest BCUT2D eigenvalue weighted by Gasteiger charge is -2.18. The SMILES string of the molecule is CC(C)(C)c1ccc(-c2ccc(C(=O)N3C[C@H]4CNC[C@H]4C3)o2)cc1.Cl. The fraction of sp³-hybridized carbons (Fsp3) is 0.476. The van der Waals surface area contributed by atoms with Crippen molar-refractivity contribution in [3.8, 4) is 11.3 Å². The molecular weight excluding hydrogens is 348 g/mol. The van der Waals surface area contributed by atoms with Crippen LogP contribution in [0.2, 0.25) is 0 Å². The first-order valence-corrected chi connectivity index (χ1v) is 9.12. The average Bonchev–Trinajstić information content (AvgIpc) is 3.29. The van der Waals surface area contributed by atoms with E-state index >= 15 is 0 Å². The van der Waals surface area contributed by atoms with Gasteiger partial charge in [0.1, 0.15) is 5.76 Å². The van der Waals surface area contributed by atoms with Gasteiger partial charge in [-0.15, -0.1) is 12.4 Å². The minimum Gasteiger partial charge on any atom is -0.451 e. The third-order valence-corrected chi connectivity index (χ3v) is 5.53. The molecule has 2 aliphatic rings. The maximum Gasteiger partial charge on any atom is 0.289 e. The molecular formula is C21H27ClN2O2. The predicted octanol–water partition coefficient (Wildman–Crippen LogP) is 3.96. The third kappa shape index (κ3) is 3.53. The Balaban J connectivity index is 0.00000196. The van der Waals surface area contributed by atoms with Crippen molar-refractivity contribution in [2.24, 2.45) is 11.8 Å². The number of nitrogens with one attached hydrogen (secondary N) is 1. The van der Waals surface area contributed by atoms with Crippen LogP contribution in [-0.2, 0) is 5.41 Å². The topological polar surface area (TPSA) is 45.5 Å². The second kappa shape index (κ2) is 7.09. The highest BCUT2D eigenvalue weighted by molar-refractivity contribution is 5.92. The molecule has 5 heteroatoms. The van der Waals surface area contributed by atoms with Gasteiger partial charge in [-0.3, -0.25) is 4.79 Å². The van der Waals surface area contributed by atoms with Crippen molar-refractivity contribution in [1.29, 1.82) is 0 Å². The van der Waals surface area contributed by atoms with Crippen molar-refractivity contribution in [1.82, 2.24) is 10.2 Å². The van der Waals surface area contributed by atoms with Crippen LogP contribution < -0.4 is 5.32 Å². The monoisotopic (exact) mass is 374 g/mol. The second-order valence-corrected chi connectivity index (χ2v) is 8.38. The summed E-state index contributed by atoms with van der Waals surface area (Å²) < 4.78 is 5.88. The van der Waals surface area contributed by atoms with E-state index in [1.54, 1.807) is 0 Å². The normalized spacial score (nSPS) is 22.2. The van der Waals surface area contributed by atoms with E-state index < -0.39 is 0 Å². The molecule has 3 heterocycles. The summed E-state index contributed by atoms with van der Waals surface area (Å²) >= 11 is 0. The Labute approximate surface area is 161 Å². The van der Waals surface area contributed by atoms with Gasteiger partial charge in [0.15, 0.2) is 5.76 Å². The molecule has 2 aromatic rings. The molecule has 4 rings (SSSR count). The van der Waals surface area contributed by atoms with Crippen LogP contribution in [-0.4, -0.2) is 37.0 Å². The summed E-state index contributed by atoms with van der Waals surface area (Å²) in [5, 5.41) is 3.40. The number of fused-ring (bicyclic) bond motifs is 1. The lowest BCUT2D eigenvalue weighted by Crippen LogP contribution is -2.31. The number of halogens is 1. The molecule has 2 atom stereocenters. The van der Waals surface area contributed by atoms with Gasteiger partial charge in [-0.05, 0) is 34.9 Å². The minimum atomic E-state index is 0. The highest BCUT2D eigenvalue weighted by Crippen LogP contribution is 2.30. The van der Waals surface area contributed by atoms with Crippen LogP contribution in [0.1, 0.15) is 36.9 Å². The van der Waals surface area contributed by atoms with Crippen molar-refractivity contribution in [2.45, 2.75) is 26.2 Å². The summed E-state index contributed by atoms with van der Waals surface area (Å²) in [4.78, 5) is 14.7. The Kier molecular flexibility index (Phi) is 5.18. The molecule has 0 saturated carbocycles. The van der Waals surface area contributed by atoms with Crippen LogP contribution in [0.4, 0.5) is 0 Å². The fourth-order valence-corrected chi connectivity index (χ4v) is 3.92. The van der Waals surface area contributed by atoms with Gasteiger partial charge >= 0.3 is 0 Å². The molecule has 0 spiro atoms. The minimum absolute atomic E-state index is 0. The molecule has 0 radical (unpaired) electrons. The first-order valence-electron chi connectivity index (χ1n) is 9.12. The van der Waals surface area contributed by atoms with E-state index in [0.717, 1.165) is 37.5 Å². The Morgan fingerprint density at radius 1 is 1.04 bits per heavy atom. The quantitative estimate of drug-likeness (QED) is 0.865. The summed E-state index contributed by atoms with van der Waals surface area (Å²) in [5.41, 5.74) is 2.43. The van der Waals surface area contributed by atoms with E-state index in [9.17, 15) is 4.79 Å². The molecule has 1 aromatic heterocycles. The number of carbonyl (C=O) groups excluding carboxylic acids is 1. The number of benzene rings is 1. The number of hydrogen-bond acceptors (Lipinski definition) is 3. The first-order chi connectivity index (χ1) is 11.9. The molecule has 4 nitrogen and oxygen atoms in total. The van der Waals surface area contributed by atoms with E-state index in [1.807, 2.05) is 17.0 Å². The van der Waals surface area contributed by atoms with Crippen LogP contribution >= 0.6 is 12.4 Å². The van der Waals surface area contributed by atoms with Crippen molar-refractivity contribution >= 4 is 18.3 Å². The van der Waals surface area contributed by atoms with Gasteiger partial charge in [0.05, 0.1) is 0 Å². The van der Waals surface area contributed by atoms with E-state index in [2.05, 4.69) is 50.4 Å². The number of amides is 1. The number of rotatable bonds is 2. The molecule has 0 aliphatic carbocycles. The molecule has 1 amide bonds. The summed E-state index contributed by atoms with van der Waals surface area (Å²) in [6, 6.07) is 12.1. The van der Waals surface area contributed by atoms with Crippen LogP contribution in [0.25, 0.3) is 11.3 Å². The van der Waals surface area contributed by atoms with Gasteiger partial charge in [-0.1, -0.05) is 45.0 Å². The molecule has 2 fully saturated rings. The van der Waals surface area contributed by atoms with Gasteiger partial charge in [-0.25, -0.2) is 0 Å². The van der Waals surface area contributed by atoms with Gasteiger partial charge < -0.3 is 14.6 Å². The molecule has 1 N–H and O–H groups in total. The summed E-state index contributed by atoms with van der Waals surface area (Å²) in [6.45, 7) is 10.3. The first kappa shape index (κ1) is 19.0. The third-order valence-electron chi connectivity index (χ3n) is 5.53. The number of furan rings is 1. The molecule has 0 bridgehead atoms. The van der Waals surface area contributed by atoms with Crippen LogP contribution in [0.3, 0.4) is 0 Å². The van der Waals surface area contributed by atoms with Gasteiger partial charge in [0.25, 0.3) is 5.91 Å². The molecule has 140 valence electrons. The Morgan fingerprint density at radius 2 is 1.65 bits per heavy atom. The van der Waals surface area contributed by atoms with E-state index in [-0.39, 0.29) is 23.7 Å². The maximum absolute atomic E-state index is 12.7. The van der Waals surface area contributed by atoms with Crippen LogP contribution in [0.5, 0.6) is 0 Å². The van der Waals surface area contributed by atoms with Gasteiger partial charge in [0, 0.05) is 31.7 Å². The van der Waals surface area contributed by atoms with E-state index in [4.69, 9.17) is 4.42 Å². The fourth-order valence-electron chi connectivity index (χ4n) is 3.92. The van der Waals surface area contributed by atoms with Gasteiger partial charge in [-0.2, -0.15) is 0 Å². The van der Waals surface area contributed by atoms with Crippen molar-refractivity contribution in [3.05, 3.63) is 47.7 Å². The van der Waals surface area contributed by atoms with Crippen LogP contribution in [0, 0.1) is 11.8 Å². The summed E-state index contributed by atoms with van der Waals surface area (Å²) in [7, 11) is 0. The number of likely N-dealkylation sites (tertiary alicyclic amines) is 1. The number of nitrogens with zero attached hydrogens (tertiary/aromatic N) is 1. The standard InChI is InChI=1S/C21H26N2O2.ClH/c1-21(2,3)17-6-4-14(5-7-17)18-8-9-19(25-18)20(24)23-12-15-10-22-11-16(15)13-23;/h4-9,15-16,22H,10-13H2,1-3H3;1H/t15-,16+;. The largest absolute Gasteiger partial charge is 0.451 e. The molecule has 2 aliphatic heterocycles. The van der Waals surface area contributed by atoms with Crippen molar-refractivity contribution in [3.63, 3.8) is 0 Å². The lowest BCUT2D eigenvalue weighted by atomic mass is 9.86. The van der Waals surface area contributed by atoms with E-state index in [1.165, 1.54) is 5.56 Å². The number of hydrogen-bond donors (Lipinski definition) is 1. The second-order valence-electron chi connectivity index (χ2n) is 8.38. The highest BCUT2D eigenvalue weighted by atomic mass is 35.5. The van der Waals surface area contributed by atoms with Crippen molar-refractivity contribution in [2.75, 3.05) is 26.2 Å². The van der Waals surface area contributed by atoms with Gasteiger partial charge in [0.2, 0.25) is 0 Å². The molecule has 0 unspecified atom stereocenters. The molecule has 26 heavy (non-hydrogen) atoms.